The van der Waals surface area contributed by atoms with E-state index in [1.54, 1.807) is 12.1 Å². The van der Waals surface area contributed by atoms with Crippen LogP contribution in [0.4, 0.5) is 0 Å². The predicted molar refractivity (Wildman–Crippen MR) is 80.8 cm³/mol. The summed E-state index contributed by atoms with van der Waals surface area (Å²) in [4.78, 5) is 15.6. The van der Waals surface area contributed by atoms with Crippen molar-refractivity contribution in [2.45, 2.75) is 6.61 Å². The van der Waals surface area contributed by atoms with Crippen LogP contribution in [0.1, 0.15) is 5.89 Å². The predicted octanol–water partition coefficient (Wildman–Crippen LogP) is 3.51. The maximum Gasteiger partial charge on any atom is 0.336 e. The van der Waals surface area contributed by atoms with Crippen LogP contribution in [-0.2, 0) is 6.61 Å². The third-order valence-corrected chi connectivity index (χ3v) is 3.30. The molecular formula is C17H11NO4. The molecule has 0 spiro atoms. The van der Waals surface area contributed by atoms with E-state index in [0.717, 1.165) is 16.5 Å². The van der Waals surface area contributed by atoms with Gasteiger partial charge in [-0.15, -0.1) is 0 Å². The molecule has 5 nitrogen and oxygen atoms in total. The average molecular weight is 293 g/mol. The largest absolute Gasteiger partial charge is 0.484 e. The van der Waals surface area contributed by atoms with Crippen molar-refractivity contribution in [3.05, 3.63) is 70.9 Å². The number of rotatable bonds is 3. The Labute approximate surface area is 124 Å². The Hall–Kier alpha value is -3.08. The second-order valence-electron chi connectivity index (χ2n) is 4.82. The summed E-state index contributed by atoms with van der Waals surface area (Å²) >= 11 is 0. The van der Waals surface area contributed by atoms with E-state index in [2.05, 4.69) is 4.98 Å². The normalized spacial score (nSPS) is 11.1. The molecule has 2 aromatic heterocycles. The molecule has 0 saturated heterocycles. The minimum absolute atomic E-state index is 0.206. The van der Waals surface area contributed by atoms with Gasteiger partial charge in [-0.3, -0.25) is 0 Å². The van der Waals surface area contributed by atoms with Crippen LogP contribution in [0, 0.1) is 0 Å². The second-order valence-corrected chi connectivity index (χ2v) is 4.82. The minimum Gasteiger partial charge on any atom is -0.484 e. The lowest BCUT2D eigenvalue weighted by Gasteiger charge is -2.04. The topological polar surface area (TPSA) is 65.5 Å². The summed E-state index contributed by atoms with van der Waals surface area (Å²) in [6.07, 6.45) is 0. The van der Waals surface area contributed by atoms with E-state index in [4.69, 9.17) is 13.6 Å². The number of aromatic nitrogens is 1. The summed E-state index contributed by atoms with van der Waals surface area (Å²) in [5.41, 5.74) is 1.63. The van der Waals surface area contributed by atoms with E-state index < -0.39 is 0 Å². The van der Waals surface area contributed by atoms with Gasteiger partial charge >= 0.3 is 5.63 Å². The third kappa shape index (κ3) is 2.33. The molecule has 0 unspecified atom stereocenters. The van der Waals surface area contributed by atoms with Gasteiger partial charge in [0.2, 0.25) is 5.89 Å². The van der Waals surface area contributed by atoms with Gasteiger partial charge in [0.05, 0.1) is 0 Å². The lowest BCUT2D eigenvalue weighted by Crippen LogP contribution is -1.97. The number of fused-ring (bicyclic) bond motifs is 2. The van der Waals surface area contributed by atoms with Crippen molar-refractivity contribution in [2.75, 3.05) is 0 Å². The van der Waals surface area contributed by atoms with Gasteiger partial charge < -0.3 is 13.6 Å². The molecule has 4 aromatic rings. The molecule has 0 fully saturated rings. The molecule has 2 aromatic carbocycles. The van der Waals surface area contributed by atoms with Crippen molar-refractivity contribution in [1.82, 2.24) is 4.98 Å². The zero-order chi connectivity index (χ0) is 14.9. The second kappa shape index (κ2) is 5.04. The average Bonchev–Trinajstić information content (AvgIpc) is 2.95. The highest BCUT2D eigenvalue weighted by atomic mass is 16.5. The first-order valence-electron chi connectivity index (χ1n) is 6.79. The van der Waals surface area contributed by atoms with Crippen molar-refractivity contribution >= 4 is 22.1 Å². The van der Waals surface area contributed by atoms with Crippen LogP contribution in [0.3, 0.4) is 0 Å². The lowest BCUT2D eigenvalue weighted by atomic mass is 10.2. The van der Waals surface area contributed by atoms with Crippen molar-refractivity contribution in [2.24, 2.45) is 0 Å². The molecule has 0 radical (unpaired) electrons. The number of hydrogen-bond donors (Lipinski definition) is 0. The maximum absolute atomic E-state index is 11.2. The molecule has 2 heterocycles. The first-order valence-corrected chi connectivity index (χ1v) is 6.79. The number of ether oxygens (including phenoxy) is 1. The van der Waals surface area contributed by atoms with Crippen LogP contribution in [0.15, 0.2) is 68.2 Å². The number of oxazole rings is 1. The van der Waals surface area contributed by atoms with Crippen LogP contribution >= 0.6 is 0 Å². The summed E-state index contributed by atoms with van der Waals surface area (Å²) in [7, 11) is 0. The Balaban J connectivity index is 1.59. The molecule has 0 N–H and O–H groups in total. The summed E-state index contributed by atoms with van der Waals surface area (Å²) < 4.78 is 16.4. The molecule has 0 bridgehead atoms. The summed E-state index contributed by atoms with van der Waals surface area (Å²) in [6.45, 7) is 0.206. The van der Waals surface area contributed by atoms with Gasteiger partial charge in [-0.25, -0.2) is 9.78 Å². The van der Waals surface area contributed by atoms with Gasteiger partial charge in [-0.2, -0.15) is 0 Å². The molecule has 22 heavy (non-hydrogen) atoms. The Bertz CT molecular complexity index is 983. The van der Waals surface area contributed by atoms with Crippen LogP contribution in [0.5, 0.6) is 5.75 Å². The van der Waals surface area contributed by atoms with Crippen molar-refractivity contribution in [3.63, 3.8) is 0 Å². The molecule has 0 aliphatic carbocycles. The number of para-hydroxylation sites is 2. The smallest absolute Gasteiger partial charge is 0.336 e. The first kappa shape index (κ1) is 12.6. The third-order valence-electron chi connectivity index (χ3n) is 3.30. The summed E-state index contributed by atoms with van der Waals surface area (Å²) in [5, 5.41) is 0.841. The molecule has 4 rings (SSSR count). The Morgan fingerprint density at radius 2 is 1.82 bits per heavy atom. The van der Waals surface area contributed by atoms with Gasteiger partial charge in [0.25, 0.3) is 0 Å². The molecule has 5 heteroatoms. The monoisotopic (exact) mass is 293 g/mol. The lowest BCUT2D eigenvalue weighted by molar-refractivity contribution is 0.267. The fraction of sp³-hybridized carbons (Fsp3) is 0.0588. The van der Waals surface area contributed by atoms with E-state index in [9.17, 15) is 4.79 Å². The minimum atomic E-state index is -0.386. The van der Waals surface area contributed by atoms with Crippen molar-refractivity contribution < 1.29 is 13.6 Å². The zero-order valence-electron chi connectivity index (χ0n) is 11.5. The highest BCUT2D eigenvalue weighted by Gasteiger charge is 2.06. The van der Waals surface area contributed by atoms with Crippen LogP contribution in [0.2, 0.25) is 0 Å². The highest BCUT2D eigenvalue weighted by molar-refractivity contribution is 5.77. The molecule has 0 atom stereocenters. The molecule has 0 aliphatic heterocycles. The van der Waals surface area contributed by atoms with Gasteiger partial charge in [0.1, 0.15) is 16.8 Å². The Morgan fingerprint density at radius 1 is 0.955 bits per heavy atom. The van der Waals surface area contributed by atoms with E-state index in [-0.39, 0.29) is 12.2 Å². The van der Waals surface area contributed by atoms with E-state index >= 15 is 0 Å². The van der Waals surface area contributed by atoms with E-state index in [0.29, 0.717) is 17.2 Å². The molecule has 0 saturated carbocycles. The number of hydrogen-bond acceptors (Lipinski definition) is 5. The molecule has 0 aliphatic rings. The molecular weight excluding hydrogens is 282 g/mol. The molecule has 0 amide bonds. The first-order chi connectivity index (χ1) is 10.8. The number of benzene rings is 2. The fourth-order valence-corrected chi connectivity index (χ4v) is 2.26. The SMILES string of the molecule is O=c1ccc2ccc(OCc3nc4ccccc4o3)cc2o1. The van der Waals surface area contributed by atoms with Gasteiger partial charge in [-0.05, 0) is 30.3 Å². The quantitative estimate of drug-likeness (QED) is 0.541. The van der Waals surface area contributed by atoms with E-state index in [1.807, 2.05) is 36.4 Å². The van der Waals surface area contributed by atoms with Crippen LogP contribution < -0.4 is 10.4 Å². The standard InChI is InChI=1S/C17H11NO4/c19-17-8-6-11-5-7-12(9-15(11)22-17)20-10-16-18-13-3-1-2-4-14(13)21-16/h1-9H,10H2. The maximum atomic E-state index is 11.2. The van der Waals surface area contributed by atoms with Crippen molar-refractivity contribution in [1.29, 1.82) is 0 Å². The Kier molecular flexibility index (Phi) is 2.89. The van der Waals surface area contributed by atoms with E-state index in [1.165, 1.54) is 6.07 Å². The summed E-state index contributed by atoms with van der Waals surface area (Å²) in [5.74, 6) is 1.08. The van der Waals surface area contributed by atoms with Crippen molar-refractivity contribution in [3.8, 4) is 5.75 Å². The Morgan fingerprint density at radius 3 is 2.73 bits per heavy atom. The zero-order valence-corrected chi connectivity index (χ0v) is 11.5. The van der Waals surface area contributed by atoms with Crippen LogP contribution in [0.25, 0.3) is 22.1 Å². The number of nitrogens with zero attached hydrogens (tertiary/aromatic N) is 1. The molecule has 108 valence electrons. The summed E-state index contributed by atoms with van der Waals surface area (Å²) in [6, 6.07) is 16.0. The van der Waals surface area contributed by atoms with Gasteiger partial charge in [-0.1, -0.05) is 12.1 Å². The van der Waals surface area contributed by atoms with Crippen LogP contribution in [-0.4, -0.2) is 4.98 Å². The fourth-order valence-electron chi connectivity index (χ4n) is 2.26. The van der Waals surface area contributed by atoms with Gasteiger partial charge in [0, 0.05) is 17.5 Å². The van der Waals surface area contributed by atoms with Gasteiger partial charge in [0.15, 0.2) is 12.2 Å². The highest BCUT2D eigenvalue weighted by Crippen LogP contribution is 2.21.